The molecule has 0 aliphatic carbocycles. The van der Waals surface area contributed by atoms with Crippen LogP contribution in [0.5, 0.6) is 5.75 Å². The molecule has 0 bridgehead atoms. The number of hydrogen-bond acceptors (Lipinski definition) is 3. The molecule has 2 aromatic rings. The van der Waals surface area contributed by atoms with E-state index in [1.807, 2.05) is 62.9 Å². The topological polar surface area (TPSA) is 46.6 Å². The summed E-state index contributed by atoms with van der Waals surface area (Å²) in [5.74, 6) is 0.929. The van der Waals surface area contributed by atoms with E-state index in [4.69, 9.17) is 4.74 Å². The monoisotopic (exact) mass is 379 g/mol. The number of piperidine rings is 1. The molecule has 3 rings (SSSR count). The summed E-state index contributed by atoms with van der Waals surface area (Å²) in [7, 11) is 0. The zero-order valence-electron chi connectivity index (χ0n) is 17.2. The second-order valence-corrected chi connectivity index (χ2v) is 7.90. The van der Waals surface area contributed by atoms with Crippen molar-refractivity contribution in [2.75, 3.05) is 19.7 Å². The molecule has 0 spiro atoms. The smallest absolute Gasteiger partial charge is 0.260 e. The summed E-state index contributed by atoms with van der Waals surface area (Å²) in [6.07, 6.45) is 1.42. The Morgan fingerprint density at radius 3 is 2.14 bits per heavy atom. The van der Waals surface area contributed by atoms with Gasteiger partial charge in [-0.3, -0.25) is 9.59 Å². The molecule has 28 heavy (non-hydrogen) atoms. The van der Waals surface area contributed by atoms with E-state index in [1.165, 1.54) is 11.1 Å². The summed E-state index contributed by atoms with van der Waals surface area (Å²) in [5, 5.41) is 0. The SMILES string of the molecule is Cc1ccc(OCC(=O)N2CCC(C(=O)c3ccc(C)cc3C)CC2)c(C)c1. The predicted octanol–water partition coefficient (Wildman–Crippen LogP) is 4.42. The highest BCUT2D eigenvalue weighted by atomic mass is 16.5. The van der Waals surface area contributed by atoms with E-state index in [-0.39, 0.29) is 24.2 Å². The van der Waals surface area contributed by atoms with Crippen molar-refractivity contribution in [1.82, 2.24) is 4.90 Å². The van der Waals surface area contributed by atoms with Crippen molar-refractivity contribution in [3.8, 4) is 5.75 Å². The van der Waals surface area contributed by atoms with Gasteiger partial charge in [-0.15, -0.1) is 0 Å². The molecule has 1 fully saturated rings. The van der Waals surface area contributed by atoms with E-state index in [9.17, 15) is 9.59 Å². The molecule has 1 aliphatic heterocycles. The van der Waals surface area contributed by atoms with E-state index in [1.54, 1.807) is 0 Å². The van der Waals surface area contributed by atoms with Gasteiger partial charge in [-0.25, -0.2) is 0 Å². The number of ketones is 1. The van der Waals surface area contributed by atoms with E-state index in [0.717, 1.165) is 22.4 Å². The first-order valence-corrected chi connectivity index (χ1v) is 9.94. The number of rotatable bonds is 5. The van der Waals surface area contributed by atoms with Gasteiger partial charge < -0.3 is 9.64 Å². The highest BCUT2D eigenvalue weighted by Gasteiger charge is 2.28. The summed E-state index contributed by atoms with van der Waals surface area (Å²) in [5.41, 5.74) is 5.22. The third-order valence-electron chi connectivity index (χ3n) is 5.55. The lowest BCUT2D eigenvalue weighted by molar-refractivity contribution is -0.134. The van der Waals surface area contributed by atoms with E-state index in [2.05, 4.69) is 6.07 Å². The Bertz CT molecular complexity index is 879. The molecule has 4 heteroatoms. The number of aryl methyl sites for hydroxylation is 4. The average Bonchev–Trinajstić information content (AvgIpc) is 2.67. The number of hydrogen-bond donors (Lipinski definition) is 0. The Labute approximate surface area is 167 Å². The summed E-state index contributed by atoms with van der Waals surface area (Å²) < 4.78 is 5.72. The number of ether oxygens (including phenoxy) is 1. The Hall–Kier alpha value is -2.62. The molecule has 1 heterocycles. The normalized spacial score (nSPS) is 14.8. The Kier molecular flexibility index (Phi) is 6.18. The number of benzene rings is 2. The summed E-state index contributed by atoms with van der Waals surface area (Å²) >= 11 is 0. The Balaban J connectivity index is 1.53. The minimum Gasteiger partial charge on any atom is -0.484 e. The Morgan fingerprint density at radius 2 is 1.54 bits per heavy atom. The molecule has 0 N–H and O–H groups in total. The van der Waals surface area contributed by atoms with Crippen LogP contribution in [0.15, 0.2) is 36.4 Å². The van der Waals surface area contributed by atoms with Crippen molar-refractivity contribution >= 4 is 11.7 Å². The molecule has 1 saturated heterocycles. The molecular weight excluding hydrogens is 350 g/mol. The predicted molar refractivity (Wildman–Crippen MR) is 111 cm³/mol. The van der Waals surface area contributed by atoms with Crippen LogP contribution < -0.4 is 4.74 Å². The summed E-state index contributed by atoms with van der Waals surface area (Å²) in [4.78, 5) is 27.2. The minimum atomic E-state index is -0.0163. The zero-order chi connectivity index (χ0) is 20.3. The fraction of sp³-hybridized carbons (Fsp3) is 0.417. The van der Waals surface area contributed by atoms with Crippen molar-refractivity contribution < 1.29 is 14.3 Å². The van der Waals surface area contributed by atoms with Crippen LogP contribution in [0.25, 0.3) is 0 Å². The third-order valence-corrected chi connectivity index (χ3v) is 5.55. The average molecular weight is 380 g/mol. The molecule has 1 aliphatic rings. The third kappa shape index (κ3) is 4.61. The van der Waals surface area contributed by atoms with Gasteiger partial charge in [0, 0.05) is 24.6 Å². The fourth-order valence-corrected chi connectivity index (χ4v) is 3.89. The molecule has 4 nitrogen and oxygen atoms in total. The van der Waals surface area contributed by atoms with Gasteiger partial charge in [0.15, 0.2) is 12.4 Å². The van der Waals surface area contributed by atoms with Crippen molar-refractivity contribution in [2.45, 2.75) is 40.5 Å². The molecule has 148 valence electrons. The molecule has 0 saturated carbocycles. The molecule has 1 amide bonds. The zero-order valence-corrected chi connectivity index (χ0v) is 17.2. The number of amides is 1. The molecule has 0 atom stereocenters. The first kappa shape index (κ1) is 20.1. The van der Waals surface area contributed by atoms with Crippen molar-refractivity contribution in [3.05, 3.63) is 64.2 Å². The number of carbonyl (C=O) groups excluding carboxylic acids is 2. The van der Waals surface area contributed by atoms with Gasteiger partial charge in [0.1, 0.15) is 5.75 Å². The second kappa shape index (κ2) is 8.59. The van der Waals surface area contributed by atoms with Crippen LogP contribution in [0, 0.1) is 33.6 Å². The number of Topliss-reactive ketones (excluding diaryl/α,β-unsaturated/α-hetero) is 1. The van der Waals surface area contributed by atoms with Crippen LogP contribution in [0.1, 0.15) is 45.5 Å². The molecule has 0 radical (unpaired) electrons. The maximum absolute atomic E-state index is 12.9. The van der Waals surface area contributed by atoms with Crippen LogP contribution in [0.3, 0.4) is 0 Å². The van der Waals surface area contributed by atoms with Gasteiger partial charge in [-0.05, 0) is 57.7 Å². The fourth-order valence-electron chi connectivity index (χ4n) is 3.89. The van der Waals surface area contributed by atoms with Gasteiger partial charge >= 0.3 is 0 Å². The van der Waals surface area contributed by atoms with Crippen LogP contribution in [0.2, 0.25) is 0 Å². The highest BCUT2D eigenvalue weighted by Crippen LogP contribution is 2.24. The van der Waals surface area contributed by atoms with Crippen molar-refractivity contribution in [1.29, 1.82) is 0 Å². The summed E-state index contributed by atoms with van der Waals surface area (Å²) in [6.45, 7) is 9.30. The number of likely N-dealkylation sites (tertiary alicyclic amines) is 1. The van der Waals surface area contributed by atoms with Gasteiger partial charge in [0.05, 0.1) is 0 Å². The van der Waals surface area contributed by atoms with E-state index < -0.39 is 0 Å². The minimum absolute atomic E-state index is 0.00859. The largest absolute Gasteiger partial charge is 0.484 e. The lowest BCUT2D eigenvalue weighted by Crippen LogP contribution is -2.42. The lowest BCUT2D eigenvalue weighted by atomic mass is 9.87. The molecule has 2 aromatic carbocycles. The van der Waals surface area contributed by atoms with Crippen molar-refractivity contribution in [3.63, 3.8) is 0 Å². The number of carbonyl (C=O) groups is 2. The van der Waals surface area contributed by atoms with Gasteiger partial charge in [-0.1, -0.05) is 41.5 Å². The van der Waals surface area contributed by atoms with E-state index in [0.29, 0.717) is 25.9 Å². The maximum atomic E-state index is 12.9. The van der Waals surface area contributed by atoms with Crippen molar-refractivity contribution in [2.24, 2.45) is 5.92 Å². The van der Waals surface area contributed by atoms with Crippen LogP contribution >= 0.6 is 0 Å². The first-order chi connectivity index (χ1) is 13.3. The van der Waals surface area contributed by atoms with Gasteiger partial charge in [-0.2, -0.15) is 0 Å². The van der Waals surface area contributed by atoms with Gasteiger partial charge in [0.2, 0.25) is 0 Å². The molecule has 0 aromatic heterocycles. The number of nitrogens with zero attached hydrogens (tertiary/aromatic N) is 1. The summed E-state index contributed by atoms with van der Waals surface area (Å²) in [6, 6.07) is 11.9. The maximum Gasteiger partial charge on any atom is 0.260 e. The lowest BCUT2D eigenvalue weighted by Gasteiger charge is -2.31. The quantitative estimate of drug-likeness (QED) is 0.723. The van der Waals surface area contributed by atoms with Crippen LogP contribution in [0.4, 0.5) is 0 Å². The first-order valence-electron chi connectivity index (χ1n) is 9.94. The molecule has 0 unspecified atom stereocenters. The van der Waals surface area contributed by atoms with Gasteiger partial charge in [0.25, 0.3) is 5.91 Å². The van der Waals surface area contributed by atoms with E-state index >= 15 is 0 Å². The molecular formula is C24H29NO3. The second-order valence-electron chi connectivity index (χ2n) is 7.90. The Morgan fingerprint density at radius 1 is 0.929 bits per heavy atom. The van der Waals surface area contributed by atoms with Crippen LogP contribution in [-0.4, -0.2) is 36.3 Å². The van der Waals surface area contributed by atoms with Crippen LogP contribution in [-0.2, 0) is 4.79 Å². The highest BCUT2D eigenvalue weighted by molar-refractivity contribution is 5.99. The standard InChI is InChI=1S/C24H29NO3/c1-16-5-7-21(18(3)13-16)24(27)20-9-11-25(12-10-20)23(26)15-28-22-8-6-17(2)14-19(22)4/h5-8,13-14,20H,9-12,15H2,1-4H3.